The normalized spacial score (nSPS) is 12.8. The minimum Gasteiger partial charge on any atom is -0.480 e. The fourth-order valence-corrected chi connectivity index (χ4v) is 2.16. The molecule has 1 atom stereocenters. The second-order valence-electron chi connectivity index (χ2n) is 3.92. The number of carbonyl (C=O) groups excluding carboxylic acids is 1. The Kier molecular flexibility index (Phi) is 6.03. The number of hydrogen-bond donors (Lipinski definition) is 3. The summed E-state index contributed by atoms with van der Waals surface area (Å²) in [6.07, 6.45) is -0.240. The molecule has 0 radical (unpaired) electrons. The van der Waals surface area contributed by atoms with E-state index >= 15 is 0 Å². The zero-order valence-corrected chi connectivity index (χ0v) is 11.4. The van der Waals surface area contributed by atoms with Crippen LogP contribution in [0.15, 0.2) is 29.2 Å². The van der Waals surface area contributed by atoms with Crippen molar-refractivity contribution in [3.05, 3.63) is 29.8 Å². The molecule has 1 rings (SSSR count). The van der Waals surface area contributed by atoms with Gasteiger partial charge in [0.25, 0.3) is 5.91 Å². The molecule has 0 aliphatic rings. The monoisotopic (exact) mass is 323 g/mol. The van der Waals surface area contributed by atoms with Gasteiger partial charge in [-0.2, -0.15) is 13.2 Å². The number of rotatable bonds is 6. The molecule has 0 saturated carbocycles. The summed E-state index contributed by atoms with van der Waals surface area (Å²) in [5.41, 5.74) is -4.84. The minimum atomic E-state index is -4.56. The van der Waals surface area contributed by atoms with Gasteiger partial charge in [-0.1, -0.05) is 12.1 Å². The Morgan fingerprint density at radius 1 is 1.29 bits per heavy atom. The van der Waals surface area contributed by atoms with Crippen molar-refractivity contribution >= 4 is 23.6 Å². The van der Waals surface area contributed by atoms with Gasteiger partial charge in [0.05, 0.1) is 5.56 Å². The molecule has 0 aliphatic heterocycles. The number of thioether (sulfide) groups is 1. The second-order valence-corrected chi connectivity index (χ2v) is 5.03. The number of aliphatic carboxylic acids is 1. The third kappa shape index (κ3) is 5.64. The summed E-state index contributed by atoms with van der Waals surface area (Å²) >= 11 is -0.453. The van der Waals surface area contributed by atoms with E-state index in [9.17, 15) is 22.8 Å². The summed E-state index contributed by atoms with van der Waals surface area (Å²) in [5.74, 6) is -2.32. The van der Waals surface area contributed by atoms with Crippen molar-refractivity contribution in [1.82, 2.24) is 5.32 Å². The standard InChI is InChI=1S/C12H12F3NO4S/c13-12(14,15)21-9-4-2-1-3-7(9)10(18)16-8(5-6-17)11(19)20/h1-4,8,17H,5-6H2,(H,16,18)(H,19,20). The molecule has 21 heavy (non-hydrogen) atoms. The quantitative estimate of drug-likeness (QED) is 0.696. The molecular formula is C12H12F3NO4S. The van der Waals surface area contributed by atoms with Crippen molar-refractivity contribution in [2.45, 2.75) is 22.9 Å². The van der Waals surface area contributed by atoms with Crippen molar-refractivity contribution in [3.63, 3.8) is 0 Å². The molecule has 5 nitrogen and oxygen atoms in total. The van der Waals surface area contributed by atoms with Crippen LogP contribution < -0.4 is 5.32 Å². The number of carboxylic acids is 1. The summed E-state index contributed by atoms with van der Waals surface area (Å²) in [4.78, 5) is 22.4. The molecule has 9 heteroatoms. The summed E-state index contributed by atoms with van der Waals surface area (Å²) in [7, 11) is 0. The van der Waals surface area contributed by atoms with E-state index in [0.717, 1.165) is 6.07 Å². The number of alkyl halides is 3. The number of carboxylic acid groups (broad SMARTS) is 1. The smallest absolute Gasteiger partial charge is 0.446 e. The van der Waals surface area contributed by atoms with E-state index < -0.39 is 41.8 Å². The van der Waals surface area contributed by atoms with Gasteiger partial charge in [0.2, 0.25) is 0 Å². The number of nitrogens with one attached hydrogen (secondary N) is 1. The van der Waals surface area contributed by atoms with Gasteiger partial charge in [-0.3, -0.25) is 4.79 Å². The van der Waals surface area contributed by atoms with E-state index in [0.29, 0.717) is 0 Å². The maximum Gasteiger partial charge on any atom is 0.446 e. The van der Waals surface area contributed by atoms with Crippen LogP contribution in [0.4, 0.5) is 13.2 Å². The van der Waals surface area contributed by atoms with Crippen LogP contribution in [-0.4, -0.2) is 40.2 Å². The maximum absolute atomic E-state index is 12.4. The fourth-order valence-electron chi connectivity index (χ4n) is 1.49. The van der Waals surface area contributed by atoms with E-state index in [1.54, 1.807) is 0 Å². The molecule has 1 aromatic carbocycles. The Hall–Kier alpha value is -1.74. The SMILES string of the molecule is O=C(NC(CCO)C(=O)O)c1ccccc1SC(F)(F)F. The lowest BCUT2D eigenvalue weighted by atomic mass is 10.1. The Labute approximate surface area is 122 Å². The lowest BCUT2D eigenvalue weighted by molar-refractivity contribution is -0.139. The molecule has 1 amide bonds. The van der Waals surface area contributed by atoms with Gasteiger partial charge in [-0.15, -0.1) is 0 Å². The molecule has 116 valence electrons. The molecule has 0 aliphatic carbocycles. The highest BCUT2D eigenvalue weighted by Crippen LogP contribution is 2.38. The van der Waals surface area contributed by atoms with Crippen LogP contribution in [0.5, 0.6) is 0 Å². The van der Waals surface area contributed by atoms with Gasteiger partial charge in [0, 0.05) is 17.9 Å². The van der Waals surface area contributed by atoms with E-state index in [1.165, 1.54) is 18.2 Å². The molecule has 3 N–H and O–H groups in total. The van der Waals surface area contributed by atoms with Gasteiger partial charge >= 0.3 is 11.5 Å². The zero-order chi connectivity index (χ0) is 16.0. The number of carbonyl (C=O) groups is 2. The van der Waals surface area contributed by atoms with Gasteiger partial charge in [-0.25, -0.2) is 4.79 Å². The first-order chi connectivity index (χ1) is 9.74. The third-order valence-electron chi connectivity index (χ3n) is 2.38. The Bertz CT molecular complexity index is 521. The van der Waals surface area contributed by atoms with Crippen LogP contribution >= 0.6 is 11.8 Å². The molecule has 1 aromatic rings. The number of hydrogen-bond acceptors (Lipinski definition) is 4. The maximum atomic E-state index is 12.4. The Morgan fingerprint density at radius 2 is 1.90 bits per heavy atom. The Balaban J connectivity index is 2.94. The average Bonchev–Trinajstić information content (AvgIpc) is 2.36. The molecule has 0 saturated heterocycles. The van der Waals surface area contributed by atoms with E-state index in [4.69, 9.17) is 10.2 Å². The summed E-state index contributed by atoms with van der Waals surface area (Å²) < 4.78 is 37.2. The van der Waals surface area contributed by atoms with E-state index in [1.807, 2.05) is 0 Å². The molecular weight excluding hydrogens is 311 g/mol. The van der Waals surface area contributed by atoms with Gasteiger partial charge in [-0.05, 0) is 23.9 Å². The van der Waals surface area contributed by atoms with Crippen LogP contribution in [-0.2, 0) is 4.79 Å². The number of amides is 1. The van der Waals surface area contributed by atoms with Crippen molar-refractivity contribution in [2.24, 2.45) is 0 Å². The second kappa shape index (κ2) is 7.32. The number of aliphatic hydroxyl groups excluding tert-OH is 1. The molecule has 0 aromatic heterocycles. The largest absolute Gasteiger partial charge is 0.480 e. The number of benzene rings is 1. The van der Waals surface area contributed by atoms with Gasteiger partial charge in [0.1, 0.15) is 6.04 Å². The highest BCUT2D eigenvalue weighted by molar-refractivity contribution is 8.00. The number of halogens is 3. The zero-order valence-electron chi connectivity index (χ0n) is 10.6. The van der Waals surface area contributed by atoms with Gasteiger partial charge < -0.3 is 15.5 Å². The van der Waals surface area contributed by atoms with Crippen LogP contribution in [0.1, 0.15) is 16.8 Å². The molecule has 0 spiro atoms. The predicted molar refractivity (Wildman–Crippen MR) is 68.9 cm³/mol. The fraction of sp³-hybridized carbons (Fsp3) is 0.333. The minimum absolute atomic E-state index is 0.240. The first-order valence-electron chi connectivity index (χ1n) is 5.74. The summed E-state index contributed by atoms with van der Waals surface area (Å²) in [6, 6.07) is 3.63. The molecule has 1 unspecified atom stereocenters. The first-order valence-corrected chi connectivity index (χ1v) is 6.55. The van der Waals surface area contributed by atoms with Crippen LogP contribution in [0, 0.1) is 0 Å². The third-order valence-corrected chi connectivity index (χ3v) is 3.19. The van der Waals surface area contributed by atoms with Crippen molar-refractivity contribution in [3.8, 4) is 0 Å². The van der Waals surface area contributed by atoms with E-state index in [-0.39, 0.29) is 16.9 Å². The van der Waals surface area contributed by atoms with E-state index in [2.05, 4.69) is 5.32 Å². The first kappa shape index (κ1) is 17.3. The topological polar surface area (TPSA) is 86.6 Å². The lowest BCUT2D eigenvalue weighted by Crippen LogP contribution is -2.41. The van der Waals surface area contributed by atoms with Crippen molar-refractivity contribution < 1.29 is 33.0 Å². The van der Waals surface area contributed by atoms with Crippen molar-refractivity contribution in [2.75, 3.05) is 6.61 Å². The molecule has 0 bridgehead atoms. The Morgan fingerprint density at radius 3 is 2.43 bits per heavy atom. The average molecular weight is 323 g/mol. The number of aliphatic hydroxyl groups is 1. The summed E-state index contributed by atoms with van der Waals surface area (Å²) in [5, 5.41) is 19.6. The van der Waals surface area contributed by atoms with Gasteiger partial charge in [0.15, 0.2) is 0 Å². The van der Waals surface area contributed by atoms with Crippen molar-refractivity contribution in [1.29, 1.82) is 0 Å². The van der Waals surface area contributed by atoms with Crippen LogP contribution in [0.25, 0.3) is 0 Å². The summed E-state index contributed by atoms with van der Waals surface area (Å²) in [6.45, 7) is -0.476. The molecule has 0 fully saturated rings. The highest BCUT2D eigenvalue weighted by Gasteiger charge is 2.31. The predicted octanol–water partition coefficient (Wildman–Crippen LogP) is 1.86. The molecule has 0 heterocycles. The van der Waals surface area contributed by atoms with Crippen LogP contribution in [0.2, 0.25) is 0 Å². The van der Waals surface area contributed by atoms with Crippen LogP contribution in [0.3, 0.4) is 0 Å². The lowest BCUT2D eigenvalue weighted by Gasteiger charge is -2.15. The highest BCUT2D eigenvalue weighted by atomic mass is 32.2.